The Morgan fingerprint density at radius 3 is 2.68 bits per heavy atom. The maximum absolute atomic E-state index is 12.7. The van der Waals surface area contributed by atoms with Gasteiger partial charge in [-0.1, -0.05) is 18.2 Å². The number of urea groups is 1. The van der Waals surface area contributed by atoms with Crippen LogP contribution in [0.4, 0.5) is 10.6 Å². The summed E-state index contributed by atoms with van der Waals surface area (Å²) in [6, 6.07) is 12.1. The maximum atomic E-state index is 12.7. The summed E-state index contributed by atoms with van der Waals surface area (Å²) in [5.41, 5.74) is 0.982. The molecule has 1 N–H and O–H groups in total. The Labute approximate surface area is 148 Å². The first-order valence-electron chi connectivity index (χ1n) is 9.21. The molecular weight excluding hydrogens is 314 g/mol. The first-order valence-corrected chi connectivity index (χ1v) is 9.21. The highest BCUT2D eigenvalue weighted by Gasteiger charge is 2.31. The summed E-state index contributed by atoms with van der Waals surface area (Å²) in [6.07, 6.45) is 6.63. The third-order valence-corrected chi connectivity index (χ3v) is 5.15. The second-order valence-electron chi connectivity index (χ2n) is 6.91. The summed E-state index contributed by atoms with van der Waals surface area (Å²) in [5.74, 6) is 0.598. The van der Waals surface area contributed by atoms with Crippen molar-refractivity contribution in [1.29, 1.82) is 0 Å². The first kappa shape index (κ1) is 16.1. The summed E-state index contributed by atoms with van der Waals surface area (Å²) < 4.78 is 1.78. The number of aromatic nitrogens is 2. The Balaban J connectivity index is 1.38. The van der Waals surface area contributed by atoms with Crippen molar-refractivity contribution in [2.75, 3.05) is 31.5 Å². The Kier molecular flexibility index (Phi) is 4.70. The molecule has 2 amide bonds. The number of amides is 2. The van der Waals surface area contributed by atoms with Crippen molar-refractivity contribution in [3.8, 4) is 5.69 Å². The van der Waals surface area contributed by atoms with Crippen molar-refractivity contribution in [3.05, 3.63) is 42.6 Å². The fourth-order valence-electron chi connectivity index (χ4n) is 3.85. The van der Waals surface area contributed by atoms with Gasteiger partial charge in [0.05, 0.1) is 5.69 Å². The van der Waals surface area contributed by atoms with Crippen LogP contribution in [-0.2, 0) is 0 Å². The number of nitrogens with one attached hydrogen (secondary N) is 1. The Bertz CT molecular complexity index is 708. The average Bonchev–Trinajstić information content (AvgIpc) is 3.38. The number of likely N-dealkylation sites (tertiary alicyclic amines) is 2. The van der Waals surface area contributed by atoms with Crippen molar-refractivity contribution >= 4 is 11.8 Å². The van der Waals surface area contributed by atoms with Gasteiger partial charge in [0.25, 0.3) is 0 Å². The Hall–Kier alpha value is -2.34. The quantitative estimate of drug-likeness (QED) is 0.932. The molecule has 2 aliphatic rings. The van der Waals surface area contributed by atoms with Gasteiger partial charge in [0, 0.05) is 31.4 Å². The molecular formula is C19H25N5O. The molecule has 2 saturated heterocycles. The van der Waals surface area contributed by atoms with Crippen LogP contribution >= 0.6 is 0 Å². The minimum absolute atomic E-state index is 0.0278. The third kappa shape index (κ3) is 3.69. The standard InChI is InChI=1S/C19H25N5O/c25-19(23-13-6-9-17(23)15-22-11-4-5-12-22)20-18-10-14-24(21-18)16-7-2-1-3-8-16/h1-3,7-8,10,14,17H,4-6,9,11-13,15H2,(H,20,21,25)/t17-/m1/s1. The van der Waals surface area contributed by atoms with E-state index in [1.807, 2.05) is 47.5 Å². The van der Waals surface area contributed by atoms with Gasteiger partial charge in [-0.05, 0) is 50.9 Å². The van der Waals surface area contributed by atoms with Gasteiger partial charge in [0.1, 0.15) is 0 Å². The smallest absolute Gasteiger partial charge is 0.320 e. The molecule has 1 aromatic carbocycles. The van der Waals surface area contributed by atoms with Gasteiger partial charge in [-0.15, -0.1) is 5.10 Å². The van der Waals surface area contributed by atoms with E-state index in [2.05, 4.69) is 15.3 Å². The van der Waals surface area contributed by atoms with Crippen molar-refractivity contribution in [3.63, 3.8) is 0 Å². The minimum Gasteiger partial charge on any atom is -0.320 e. The molecule has 2 aliphatic heterocycles. The van der Waals surface area contributed by atoms with E-state index in [-0.39, 0.29) is 6.03 Å². The van der Waals surface area contributed by atoms with Crippen molar-refractivity contribution < 1.29 is 4.79 Å². The fourth-order valence-corrected chi connectivity index (χ4v) is 3.85. The highest BCUT2D eigenvalue weighted by molar-refractivity contribution is 5.88. The summed E-state index contributed by atoms with van der Waals surface area (Å²) in [6.45, 7) is 4.19. The number of nitrogens with zero attached hydrogens (tertiary/aromatic N) is 4. The molecule has 1 aromatic heterocycles. The van der Waals surface area contributed by atoms with Crippen LogP contribution in [-0.4, -0.2) is 57.8 Å². The molecule has 2 fully saturated rings. The molecule has 0 saturated carbocycles. The van der Waals surface area contributed by atoms with Crippen LogP contribution in [0.2, 0.25) is 0 Å². The van der Waals surface area contributed by atoms with Gasteiger partial charge in [-0.2, -0.15) is 0 Å². The zero-order valence-electron chi connectivity index (χ0n) is 14.5. The molecule has 6 nitrogen and oxygen atoms in total. The molecule has 1 atom stereocenters. The first-order chi connectivity index (χ1) is 12.3. The lowest BCUT2D eigenvalue weighted by Crippen LogP contribution is -2.44. The van der Waals surface area contributed by atoms with Crippen LogP contribution in [0, 0.1) is 0 Å². The third-order valence-electron chi connectivity index (χ3n) is 5.15. The molecule has 6 heteroatoms. The van der Waals surface area contributed by atoms with E-state index in [1.54, 1.807) is 4.68 Å². The molecule has 3 heterocycles. The largest absolute Gasteiger partial charge is 0.323 e. The van der Waals surface area contributed by atoms with E-state index in [4.69, 9.17) is 0 Å². The summed E-state index contributed by atoms with van der Waals surface area (Å²) in [5, 5.41) is 7.43. The van der Waals surface area contributed by atoms with Gasteiger partial charge in [0.15, 0.2) is 5.82 Å². The zero-order valence-corrected chi connectivity index (χ0v) is 14.5. The monoisotopic (exact) mass is 339 g/mol. The second-order valence-corrected chi connectivity index (χ2v) is 6.91. The van der Waals surface area contributed by atoms with Crippen LogP contribution in [0.1, 0.15) is 25.7 Å². The predicted molar refractivity (Wildman–Crippen MR) is 98.0 cm³/mol. The topological polar surface area (TPSA) is 53.4 Å². The van der Waals surface area contributed by atoms with E-state index >= 15 is 0 Å². The van der Waals surface area contributed by atoms with E-state index in [0.717, 1.165) is 31.6 Å². The SMILES string of the molecule is O=C(Nc1ccn(-c2ccccc2)n1)N1CCC[C@@H]1CN1CCCC1. The van der Waals surface area contributed by atoms with Crippen LogP contribution in [0.3, 0.4) is 0 Å². The fraction of sp³-hybridized carbons (Fsp3) is 0.474. The van der Waals surface area contributed by atoms with E-state index in [0.29, 0.717) is 11.9 Å². The molecule has 132 valence electrons. The number of carbonyl (C=O) groups excluding carboxylic acids is 1. The Morgan fingerprint density at radius 2 is 1.88 bits per heavy atom. The number of anilines is 1. The molecule has 25 heavy (non-hydrogen) atoms. The van der Waals surface area contributed by atoms with E-state index in [1.165, 1.54) is 25.9 Å². The maximum Gasteiger partial charge on any atom is 0.323 e. The van der Waals surface area contributed by atoms with E-state index in [9.17, 15) is 4.79 Å². The van der Waals surface area contributed by atoms with Gasteiger partial charge >= 0.3 is 6.03 Å². The predicted octanol–water partition coefficient (Wildman–Crippen LogP) is 2.96. The van der Waals surface area contributed by atoms with E-state index < -0.39 is 0 Å². The lowest BCUT2D eigenvalue weighted by Gasteiger charge is -2.28. The van der Waals surface area contributed by atoms with Crippen LogP contribution < -0.4 is 5.32 Å². The number of para-hydroxylation sites is 1. The van der Waals surface area contributed by atoms with Gasteiger partial charge in [0.2, 0.25) is 0 Å². The molecule has 0 aliphatic carbocycles. The molecule has 0 radical (unpaired) electrons. The number of carbonyl (C=O) groups is 1. The highest BCUT2D eigenvalue weighted by Crippen LogP contribution is 2.21. The van der Waals surface area contributed by atoms with Crippen molar-refractivity contribution in [2.45, 2.75) is 31.7 Å². The molecule has 0 bridgehead atoms. The Morgan fingerprint density at radius 1 is 1.08 bits per heavy atom. The van der Waals surface area contributed by atoms with Crippen molar-refractivity contribution in [1.82, 2.24) is 19.6 Å². The number of hydrogen-bond donors (Lipinski definition) is 1. The molecule has 0 unspecified atom stereocenters. The lowest BCUT2D eigenvalue weighted by atomic mass is 10.2. The summed E-state index contributed by atoms with van der Waals surface area (Å²) >= 11 is 0. The van der Waals surface area contributed by atoms with Crippen LogP contribution in [0.25, 0.3) is 5.69 Å². The average molecular weight is 339 g/mol. The van der Waals surface area contributed by atoms with Crippen molar-refractivity contribution in [2.24, 2.45) is 0 Å². The van der Waals surface area contributed by atoms with Gasteiger partial charge < -0.3 is 9.80 Å². The number of benzene rings is 1. The van der Waals surface area contributed by atoms with Crippen LogP contribution in [0.15, 0.2) is 42.6 Å². The second kappa shape index (κ2) is 7.27. The van der Waals surface area contributed by atoms with Gasteiger partial charge in [-0.25, -0.2) is 9.48 Å². The molecule has 4 rings (SSSR count). The highest BCUT2D eigenvalue weighted by atomic mass is 16.2. The summed E-state index contributed by atoms with van der Waals surface area (Å²) in [7, 11) is 0. The molecule has 2 aromatic rings. The number of hydrogen-bond acceptors (Lipinski definition) is 3. The minimum atomic E-state index is -0.0278. The van der Waals surface area contributed by atoms with Gasteiger partial charge in [-0.3, -0.25) is 5.32 Å². The zero-order chi connectivity index (χ0) is 17.1. The lowest BCUT2D eigenvalue weighted by molar-refractivity contribution is 0.186. The molecule has 0 spiro atoms. The number of rotatable bonds is 4. The normalized spacial score (nSPS) is 21.0. The van der Waals surface area contributed by atoms with Crippen LogP contribution in [0.5, 0.6) is 0 Å². The summed E-state index contributed by atoms with van der Waals surface area (Å²) in [4.78, 5) is 17.2.